The molecule has 1 aliphatic heterocycles. The molecule has 0 radical (unpaired) electrons. The molecule has 0 unspecified atom stereocenters. The van der Waals surface area contributed by atoms with E-state index in [0.29, 0.717) is 6.54 Å². The molecule has 0 spiro atoms. The minimum atomic E-state index is -0.639. The van der Waals surface area contributed by atoms with Crippen LogP contribution in [0.25, 0.3) is 5.57 Å². The van der Waals surface area contributed by atoms with Crippen molar-refractivity contribution in [2.45, 2.75) is 19.4 Å². The van der Waals surface area contributed by atoms with E-state index in [1.165, 1.54) is 5.57 Å². The first-order chi connectivity index (χ1) is 12.1. The van der Waals surface area contributed by atoms with Gasteiger partial charge in [-0.1, -0.05) is 48.5 Å². The Hall–Kier alpha value is -2.59. The lowest BCUT2D eigenvalue weighted by Gasteiger charge is -2.25. The molecule has 0 aliphatic carbocycles. The highest BCUT2D eigenvalue weighted by atomic mass is 16.5. The van der Waals surface area contributed by atoms with Crippen LogP contribution >= 0.6 is 0 Å². The standard InChI is InChI=1S/C21H23NO3/c1-16(23)22-13-11-18(12-14-22)17-7-9-20(10-8-17)25-15-21(24)19-5-3-2-4-6-19/h2-11,21,24H,12-15H2,1H3/t21-/m1/s1. The van der Waals surface area contributed by atoms with Crippen molar-refractivity contribution in [2.24, 2.45) is 0 Å². The fourth-order valence-electron chi connectivity index (χ4n) is 2.93. The summed E-state index contributed by atoms with van der Waals surface area (Å²) in [5.41, 5.74) is 3.26. The number of carbonyl (C=O) groups is 1. The molecular weight excluding hydrogens is 314 g/mol. The van der Waals surface area contributed by atoms with E-state index in [1.807, 2.05) is 59.5 Å². The molecule has 4 heteroatoms. The van der Waals surface area contributed by atoms with Crippen LogP contribution in [0.2, 0.25) is 0 Å². The Morgan fingerprint density at radius 3 is 2.48 bits per heavy atom. The normalized spacial score (nSPS) is 15.4. The van der Waals surface area contributed by atoms with Gasteiger partial charge in [-0.25, -0.2) is 0 Å². The number of aliphatic hydroxyl groups excluding tert-OH is 1. The van der Waals surface area contributed by atoms with Crippen molar-refractivity contribution in [1.82, 2.24) is 4.90 Å². The van der Waals surface area contributed by atoms with Gasteiger partial charge >= 0.3 is 0 Å². The SMILES string of the molecule is CC(=O)N1CC=C(c2ccc(OC[C@@H](O)c3ccccc3)cc2)CC1. The number of benzene rings is 2. The van der Waals surface area contributed by atoms with Crippen LogP contribution in [0.3, 0.4) is 0 Å². The lowest BCUT2D eigenvalue weighted by molar-refractivity contribution is -0.128. The highest BCUT2D eigenvalue weighted by molar-refractivity contribution is 5.76. The van der Waals surface area contributed by atoms with E-state index in [1.54, 1.807) is 6.92 Å². The summed E-state index contributed by atoms with van der Waals surface area (Å²) in [5.74, 6) is 0.858. The third-order valence-corrected chi connectivity index (χ3v) is 4.47. The predicted molar refractivity (Wildman–Crippen MR) is 98.2 cm³/mol. The number of carbonyl (C=O) groups excluding carboxylic acids is 1. The van der Waals surface area contributed by atoms with Crippen molar-refractivity contribution in [3.05, 3.63) is 71.8 Å². The van der Waals surface area contributed by atoms with E-state index >= 15 is 0 Å². The third-order valence-electron chi connectivity index (χ3n) is 4.47. The lowest BCUT2D eigenvalue weighted by atomic mass is 9.99. The molecule has 1 aliphatic rings. The van der Waals surface area contributed by atoms with E-state index in [4.69, 9.17) is 4.74 Å². The molecule has 2 aromatic rings. The topological polar surface area (TPSA) is 49.8 Å². The predicted octanol–water partition coefficient (Wildman–Crippen LogP) is 3.43. The van der Waals surface area contributed by atoms with Crippen LogP contribution in [-0.2, 0) is 4.79 Å². The second kappa shape index (κ2) is 7.99. The largest absolute Gasteiger partial charge is 0.491 e. The van der Waals surface area contributed by atoms with Gasteiger partial charge in [-0.3, -0.25) is 4.79 Å². The molecule has 0 aromatic heterocycles. The molecule has 1 atom stereocenters. The number of ether oxygens (including phenoxy) is 1. The van der Waals surface area contributed by atoms with Gasteiger partial charge in [0.25, 0.3) is 0 Å². The third kappa shape index (κ3) is 4.48. The molecule has 25 heavy (non-hydrogen) atoms. The van der Waals surface area contributed by atoms with E-state index in [9.17, 15) is 9.90 Å². The van der Waals surface area contributed by atoms with Gasteiger partial charge in [-0.15, -0.1) is 0 Å². The summed E-state index contributed by atoms with van der Waals surface area (Å²) in [4.78, 5) is 13.2. The fraction of sp³-hybridized carbons (Fsp3) is 0.286. The van der Waals surface area contributed by atoms with Crippen molar-refractivity contribution < 1.29 is 14.6 Å². The monoisotopic (exact) mass is 337 g/mol. The van der Waals surface area contributed by atoms with E-state index < -0.39 is 6.10 Å². The van der Waals surface area contributed by atoms with Gasteiger partial charge in [0.2, 0.25) is 5.91 Å². The molecule has 0 saturated carbocycles. The molecule has 130 valence electrons. The van der Waals surface area contributed by atoms with Crippen molar-refractivity contribution in [2.75, 3.05) is 19.7 Å². The van der Waals surface area contributed by atoms with Gasteiger partial charge < -0.3 is 14.7 Å². The zero-order valence-electron chi connectivity index (χ0n) is 14.4. The summed E-state index contributed by atoms with van der Waals surface area (Å²) >= 11 is 0. The molecule has 1 heterocycles. The van der Waals surface area contributed by atoms with Crippen LogP contribution in [0.1, 0.15) is 30.6 Å². The Kier molecular flexibility index (Phi) is 5.51. The van der Waals surface area contributed by atoms with E-state index in [-0.39, 0.29) is 12.5 Å². The van der Waals surface area contributed by atoms with Crippen LogP contribution in [0.15, 0.2) is 60.7 Å². The van der Waals surface area contributed by atoms with Crippen molar-refractivity contribution in [3.8, 4) is 5.75 Å². The summed E-state index contributed by atoms with van der Waals surface area (Å²) in [6.07, 6.45) is 2.34. The summed E-state index contributed by atoms with van der Waals surface area (Å²) in [6.45, 7) is 3.27. The Morgan fingerprint density at radius 2 is 1.88 bits per heavy atom. The first-order valence-electron chi connectivity index (χ1n) is 8.54. The smallest absolute Gasteiger partial charge is 0.219 e. The Labute approximate surface area is 148 Å². The first kappa shape index (κ1) is 17.2. The zero-order valence-corrected chi connectivity index (χ0v) is 14.4. The Morgan fingerprint density at radius 1 is 1.16 bits per heavy atom. The van der Waals surface area contributed by atoms with Crippen molar-refractivity contribution in [1.29, 1.82) is 0 Å². The number of amides is 1. The second-order valence-corrected chi connectivity index (χ2v) is 6.21. The average Bonchev–Trinajstić information content (AvgIpc) is 2.67. The Balaban J connectivity index is 1.57. The maximum atomic E-state index is 11.4. The molecule has 0 bridgehead atoms. The number of rotatable bonds is 5. The summed E-state index contributed by atoms with van der Waals surface area (Å²) < 4.78 is 5.69. The molecule has 3 rings (SSSR count). The maximum absolute atomic E-state index is 11.4. The van der Waals surface area contributed by atoms with Gasteiger partial charge in [0.15, 0.2) is 0 Å². The average molecular weight is 337 g/mol. The minimum Gasteiger partial charge on any atom is -0.491 e. The number of nitrogens with zero attached hydrogens (tertiary/aromatic N) is 1. The van der Waals surface area contributed by atoms with E-state index in [2.05, 4.69) is 6.08 Å². The Bertz CT molecular complexity index is 737. The van der Waals surface area contributed by atoms with Crippen LogP contribution in [0, 0.1) is 0 Å². The van der Waals surface area contributed by atoms with Gasteiger partial charge in [-0.05, 0) is 35.3 Å². The maximum Gasteiger partial charge on any atom is 0.219 e. The fourth-order valence-corrected chi connectivity index (χ4v) is 2.93. The first-order valence-corrected chi connectivity index (χ1v) is 8.54. The number of aliphatic hydroxyl groups is 1. The van der Waals surface area contributed by atoms with Gasteiger partial charge in [-0.2, -0.15) is 0 Å². The van der Waals surface area contributed by atoms with Crippen molar-refractivity contribution in [3.63, 3.8) is 0 Å². The molecule has 4 nitrogen and oxygen atoms in total. The summed E-state index contributed by atoms with van der Waals surface area (Å²) in [7, 11) is 0. The number of hydrogen-bond acceptors (Lipinski definition) is 3. The summed E-state index contributed by atoms with van der Waals surface area (Å²) in [5, 5.41) is 10.1. The summed E-state index contributed by atoms with van der Waals surface area (Å²) in [6, 6.07) is 17.4. The molecule has 1 N–H and O–H groups in total. The highest BCUT2D eigenvalue weighted by Gasteiger charge is 2.15. The van der Waals surface area contributed by atoms with Crippen LogP contribution < -0.4 is 4.74 Å². The zero-order chi connectivity index (χ0) is 17.6. The minimum absolute atomic E-state index is 0.121. The van der Waals surface area contributed by atoms with Crippen LogP contribution in [-0.4, -0.2) is 35.6 Å². The molecule has 1 amide bonds. The quantitative estimate of drug-likeness (QED) is 0.909. The van der Waals surface area contributed by atoms with Crippen LogP contribution in [0.5, 0.6) is 5.75 Å². The number of hydrogen-bond donors (Lipinski definition) is 1. The molecular formula is C21H23NO3. The second-order valence-electron chi connectivity index (χ2n) is 6.21. The lowest BCUT2D eigenvalue weighted by Crippen LogP contribution is -2.32. The highest BCUT2D eigenvalue weighted by Crippen LogP contribution is 2.25. The molecule has 0 saturated heterocycles. The van der Waals surface area contributed by atoms with E-state index in [0.717, 1.165) is 29.8 Å². The molecule has 2 aromatic carbocycles. The molecule has 0 fully saturated rings. The van der Waals surface area contributed by atoms with Crippen LogP contribution in [0.4, 0.5) is 0 Å². The van der Waals surface area contributed by atoms with Crippen molar-refractivity contribution >= 4 is 11.5 Å². The van der Waals surface area contributed by atoms with Gasteiger partial charge in [0.1, 0.15) is 18.5 Å². The van der Waals surface area contributed by atoms with Gasteiger partial charge in [0.05, 0.1) is 0 Å². The van der Waals surface area contributed by atoms with Gasteiger partial charge in [0, 0.05) is 20.0 Å².